The van der Waals surface area contributed by atoms with Crippen LogP contribution in [0.1, 0.15) is 31.7 Å². The molecular weight excluding hydrogens is 308 g/mol. The number of ether oxygens (including phenoxy) is 2. The minimum atomic E-state index is -2.94. The van der Waals surface area contributed by atoms with E-state index in [1.54, 1.807) is 26.0 Å². The van der Waals surface area contributed by atoms with E-state index in [-0.39, 0.29) is 18.1 Å². The summed E-state index contributed by atoms with van der Waals surface area (Å²) in [7, 11) is 0. The summed E-state index contributed by atoms with van der Waals surface area (Å²) >= 11 is 0. The van der Waals surface area contributed by atoms with E-state index in [0.717, 1.165) is 0 Å². The molecular formula is C16H15F2NO4. The average Bonchev–Trinajstić information content (AvgIpc) is 2.67. The number of hydrogen-bond acceptors (Lipinski definition) is 4. The molecule has 2 heterocycles. The molecule has 0 spiro atoms. The van der Waals surface area contributed by atoms with Crippen molar-refractivity contribution in [1.29, 1.82) is 0 Å². The van der Waals surface area contributed by atoms with Crippen LogP contribution in [-0.2, 0) is 14.3 Å². The van der Waals surface area contributed by atoms with Crippen molar-refractivity contribution in [3.8, 4) is 5.75 Å². The average molecular weight is 323 g/mol. The number of hydrogen-bond donors (Lipinski definition) is 1. The van der Waals surface area contributed by atoms with Gasteiger partial charge in [0.2, 0.25) is 5.91 Å². The van der Waals surface area contributed by atoms with Crippen LogP contribution in [0.25, 0.3) is 0 Å². The first-order valence-corrected chi connectivity index (χ1v) is 7.10. The van der Waals surface area contributed by atoms with Crippen molar-refractivity contribution in [1.82, 2.24) is 5.32 Å². The fourth-order valence-electron chi connectivity index (χ4n) is 2.97. The molecule has 1 amide bonds. The summed E-state index contributed by atoms with van der Waals surface area (Å²) in [5.74, 6) is -1.32. The van der Waals surface area contributed by atoms with Crippen LogP contribution in [0.2, 0.25) is 0 Å². The Morgan fingerprint density at radius 1 is 1.35 bits per heavy atom. The molecule has 7 heteroatoms. The van der Waals surface area contributed by atoms with E-state index >= 15 is 0 Å². The lowest BCUT2D eigenvalue weighted by atomic mass is 9.83. The summed E-state index contributed by atoms with van der Waals surface area (Å²) < 4.78 is 34.4. The molecule has 0 aromatic heterocycles. The Balaban J connectivity index is 2.03. The van der Waals surface area contributed by atoms with Crippen LogP contribution in [0.15, 0.2) is 35.5 Å². The second-order valence-electron chi connectivity index (χ2n) is 5.94. The van der Waals surface area contributed by atoms with E-state index in [4.69, 9.17) is 4.74 Å². The van der Waals surface area contributed by atoms with E-state index in [2.05, 4.69) is 10.1 Å². The zero-order chi connectivity index (χ0) is 16.8. The van der Waals surface area contributed by atoms with Gasteiger partial charge >= 0.3 is 12.6 Å². The van der Waals surface area contributed by atoms with Crippen LogP contribution in [0.4, 0.5) is 8.78 Å². The molecule has 0 radical (unpaired) electrons. The first kappa shape index (κ1) is 15.5. The van der Waals surface area contributed by atoms with E-state index in [1.165, 1.54) is 12.1 Å². The van der Waals surface area contributed by atoms with Crippen LogP contribution in [0.5, 0.6) is 5.75 Å². The summed E-state index contributed by atoms with van der Waals surface area (Å²) in [4.78, 5) is 24.2. The molecule has 0 saturated carbocycles. The standard InChI is InChI=1S/C16H15F2NO4/c1-16(2)13-12(14(21)23-16)10(7-11(20)19-13)8-4-3-5-9(6-8)22-15(17)18/h3-6,10,15H,7H2,1-2H3,(H,19,20)/t10-/m1/s1. The fourth-order valence-corrected chi connectivity index (χ4v) is 2.97. The number of esters is 1. The normalized spacial score (nSPS) is 22.7. The minimum Gasteiger partial charge on any atom is -0.450 e. The van der Waals surface area contributed by atoms with Gasteiger partial charge in [0.1, 0.15) is 11.4 Å². The topological polar surface area (TPSA) is 64.6 Å². The number of alkyl halides is 2. The first-order valence-electron chi connectivity index (χ1n) is 7.10. The Morgan fingerprint density at radius 3 is 2.78 bits per heavy atom. The molecule has 0 bridgehead atoms. The Morgan fingerprint density at radius 2 is 2.09 bits per heavy atom. The highest BCUT2D eigenvalue weighted by Crippen LogP contribution is 2.43. The molecule has 122 valence electrons. The smallest absolute Gasteiger partial charge is 0.387 e. The van der Waals surface area contributed by atoms with Crippen molar-refractivity contribution < 1.29 is 27.8 Å². The third kappa shape index (κ3) is 2.78. The van der Waals surface area contributed by atoms with Crippen LogP contribution in [0, 0.1) is 0 Å². The predicted molar refractivity (Wildman–Crippen MR) is 75.8 cm³/mol. The zero-order valence-corrected chi connectivity index (χ0v) is 12.6. The fraction of sp³-hybridized carbons (Fsp3) is 0.375. The quantitative estimate of drug-likeness (QED) is 0.868. The second kappa shape index (κ2) is 5.33. The summed E-state index contributed by atoms with van der Waals surface area (Å²) in [6.07, 6.45) is 0.0438. The largest absolute Gasteiger partial charge is 0.450 e. The lowest BCUT2D eigenvalue weighted by Crippen LogP contribution is -2.38. The molecule has 5 nitrogen and oxygen atoms in total. The van der Waals surface area contributed by atoms with Gasteiger partial charge in [0.05, 0.1) is 11.3 Å². The molecule has 1 atom stereocenters. The number of nitrogens with one attached hydrogen (secondary N) is 1. The van der Waals surface area contributed by atoms with Crippen LogP contribution < -0.4 is 10.1 Å². The van der Waals surface area contributed by atoms with Gasteiger partial charge in [-0.15, -0.1) is 0 Å². The van der Waals surface area contributed by atoms with Gasteiger partial charge < -0.3 is 14.8 Å². The van der Waals surface area contributed by atoms with Gasteiger partial charge in [-0.25, -0.2) is 4.79 Å². The van der Waals surface area contributed by atoms with Gasteiger partial charge in [-0.1, -0.05) is 12.1 Å². The third-order valence-corrected chi connectivity index (χ3v) is 3.93. The molecule has 0 unspecified atom stereocenters. The maximum Gasteiger partial charge on any atom is 0.387 e. The van der Waals surface area contributed by atoms with E-state index in [0.29, 0.717) is 16.8 Å². The number of carbonyl (C=O) groups is 2. The van der Waals surface area contributed by atoms with Crippen LogP contribution in [-0.4, -0.2) is 24.1 Å². The Labute approximate surface area is 131 Å². The number of amides is 1. The Hall–Kier alpha value is -2.44. The molecule has 23 heavy (non-hydrogen) atoms. The van der Waals surface area contributed by atoms with Crippen molar-refractivity contribution in [3.05, 3.63) is 41.1 Å². The monoisotopic (exact) mass is 323 g/mol. The molecule has 0 saturated heterocycles. The number of rotatable bonds is 3. The minimum absolute atomic E-state index is 0.0174. The van der Waals surface area contributed by atoms with Gasteiger partial charge in [0.15, 0.2) is 0 Å². The maximum absolute atomic E-state index is 12.4. The summed E-state index contributed by atoms with van der Waals surface area (Å²) in [6, 6.07) is 6.03. The van der Waals surface area contributed by atoms with Gasteiger partial charge in [-0.2, -0.15) is 8.78 Å². The highest BCUT2D eigenvalue weighted by atomic mass is 19.3. The summed E-state index contributed by atoms with van der Waals surface area (Å²) in [5, 5.41) is 2.69. The number of carbonyl (C=O) groups excluding carboxylic acids is 2. The van der Waals surface area contributed by atoms with Gasteiger partial charge in [0, 0.05) is 12.3 Å². The summed E-state index contributed by atoms with van der Waals surface area (Å²) in [5.41, 5.74) is 0.436. The lowest BCUT2D eigenvalue weighted by Gasteiger charge is -2.27. The summed E-state index contributed by atoms with van der Waals surface area (Å²) in [6.45, 7) is 0.434. The predicted octanol–water partition coefficient (Wildman–Crippen LogP) is 2.48. The van der Waals surface area contributed by atoms with Gasteiger partial charge in [-0.05, 0) is 31.5 Å². The van der Waals surface area contributed by atoms with Gasteiger partial charge in [-0.3, -0.25) is 4.79 Å². The highest BCUT2D eigenvalue weighted by Gasteiger charge is 2.47. The van der Waals surface area contributed by atoms with Crippen molar-refractivity contribution in [2.75, 3.05) is 0 Å². The van der Waals surface area contributed by atoms with Crippen molar-refractivity contribution in [3.63, 3.8) is 0 Å². The second-order valence-corrected chi connectivity index (χ2v) is 5.94. The molecule has 1 aromatic rings. The SMILES string of the molecule is CC1(C)OC(=O)C2=C1NC(=O)C[C@@H]2c1cccc(OC(F)F)c1. The van der Waals surface area contributed by atoms with Crippen LogP contribution >= 0.6 is 0 Å². The number of halogens is 2. The Bertz CT molecular complexity index is 712. The zero-order valence-electron chi connectivity index (χ0n) is 12.6. The first-order chi connectivity index (χ1) is 10.8. The molecule has 3 rings (SSSR count). The maximum atomic E-state index is 12.4. The van der Waals surface area contributed by atoms with Crippen molar-refractivity contribution in [2.45, 2.75) is 38.4 Å². The van der Waals surface area contributed by atoms with Crippen molar-refractivity contribution in [2.24, 2.45) is 0 Å². The van der Waals surface area contributed by atoms with Gasteiger partial charge in [0.25, 0.3) is 0 Å². The Kier molecular flexibility index (Phi) is 3.58. The van der Waals surface area contributed by atoms with Crippen LogP contribution in [0.3, 0.4) is 0 Å². The highest BCUT2D eigenvalue weighted by molar-refractivity contribution is 5.99. The molecule has 1 aromatic carbocycles. The molecule has 2 aliphatic heterocycles. The van der Waals surface area contributed by atoms with Crippen molar-refractivity contribution >= 4 is 11.9 Å². The molecule has 0 fully saturated rings. The number of cyclic esters (lactones) is 1. The van der Waals surface area contributed by atoms with E-state index in [9.17, 15) is 18.4 Å². The number of benzene rings is 1. The molecule has 0 aliphatic carbocycles. The molecule has 1 N–H and O–H groups in total. The lowest BCUT2D eigenvalue weighted by molar-refractivity contribution is -0.144. The third-order valence-electron chi connectivity index (χ3n) is 3.93. The van der Waals surface area contributed by atoms with E-state index in [1.807, 2.05) is 0 Å². The molecule has 2 aliphatic rings. The van der Waals surface area contributed by atoms with E-state index < -0.39 is 24.1 Å².